The Morgan fingerprint density at radius 3 is 2.48 bits per heavy atom. The van der Waals surface area contributed by atoms with E-state index in [0.29, 0.717) is 35.5 Å². The van der Waals surface area contributed by atoms with E-state index in [1.165, 1.54) is 6.42 Å². The first-order valence-electron chi connectivity index (χ1n) is 11.4. The Morgan fingerprint density at radius 2 is 1.79 bits per heavy atom. The Labute approximate surface area is 209 Å². The molecule has 174 valence electrons. The SMILES string of the molecule is CCOc1cc(/C=C2/C(=O)N(C3CCCCC3)C(=S)N2C)ccc1OCc1ccc(Br)cc1. The van der Waals surface area contributed by atoms with Gasteiger partial charge in [-0.15, -0.1) is 0 Å². The number of carbonyl (C=O) groups excluding carboxylic acids is 1. The van der Waals surface area contributed by atoms with Crippen LogP contribution in [0.3, 0.4) is 0 Å². The lowest BCUT2D eigenvalue weighted by molar-refractivity contribution is -0.124. The number of ether oxygens (including phenoxy) is 2. The van der Waals surface area contributed by atoms with Gasteiger partial charge in [0.1, 0.15) is 12.3 Å². The van der Waals surface area contributed by atoms with Crippen LogP contribution < -0.4 is 9.47 Å². The highest BCUT2D eigenvalue weighted by molar-refractivity contribution is 9.10. The second-order valence-corrected chi connectivity index (χ2v) is 9.67. The fourth-order valence-corrected chi connectivity index (χ4v) is 4.93. The summed E-state index contributed by atoms with van der Waals surface area (Å²) in [5.41, 5.74) is 2.54. The second kappa shape index (κ2) is 10.7. The summed E-state index contributed by atoms with van der Waals surface area (Å²) in [5, 5.41) is 0.595. The van der Waals surface area contributed by atoms with Crippen LogP contribution in [-0.4, -0.2) is 40.5 Å². The van der Waals surface area contributed by atoms with Gasteiger partial charge in [-0.1, -0.05) is 53.4 Å². The number of nitrogens with zero attached hydrogens (tertiary/aromatic N) is 2. The molecular formula is C26H29BrN2O3S. The number of rotatable bonds is 7. The molecule has 1 saturated carbocycles. The molecule has 4 rings (SSSR count). The average Bonchev–Trinajstić information content (AvgIpc) is 3.03. The largest absolute Gasteiger partial charge is 0.490 e. The van der Waals surface area contributed by atoms with Crippen molar-refractivity contribution in [2.24, 2.45) is 0 Å². The van der Waals surface area contributed by atoms with E-state index in [1.807, 2.05) is 72.3 Å². The molecule has 1 saturated heterocycles. The summed E-state index contributed by atoms with van der Waals surface area (Å²) in [6.45, 7) is 2.91. The number of thiocarbonyl (C=S) groups is 1. The van der Waals surface area contributed by atoms with Crippen molar-refractivity contribution < 1.29 is 14.3 Å². The molecule has 2 aromatic carbocycles. The minimum atomic E-state index is -0.0112. The van der Waals surface area contributed by atoms with E-state index >= 15 is 0 Å². The molecule has 7 heteroatoms. The predicted molar refractivity (Wildman–Crippen MR) is 138 cm³/mol. The molecule has 5 nitrogen and oxygen atoms in total. The number of benzene rings is 2. The number of carbonyl (C=O) groups is 1. The van der Waals surface area contributed by atoms with Crippen LogP contribution in [0.2, 0.25) is 0 Å². The summed E-state index contributed by atoms with van der Waals surface area (Å²) in [6.07, 6.45) is 7.47. The third-order valence-corrected chi connectivity index (χ3v) is 7.11. The second-order valence-electron chi connectivity index (χ2n) is 8.39. The zero-order valence-electron chi connectivity index (χ0n) is 19.1. The summed E-state index contributed by atoms with van der Waals surface area (Å²) in [4.78, 5) is 16.9. The monoisotopic (exact) mass is 528 g/mol. The zero-order chi connectivity index (χ0) is 23.4. The molecule has 2 aromatic rings. The molecule has 2 fully saturated rings. The van der Waals surface area contributed by atoms with E-state index in [-0.39, 0.29) is 11.9 Å². The number of halogens is 1. The Morgan fingerprint density at radius 1 is 1.06 bits per heavy atom. The Balaban J connectivity index is 1.54. The van der Waals surface area contributed by atoms with Crippen molar-refractivity contribution in [3.8, 4) is 11.5 Å². The van der Waals surface area contributed by atoms with Crippen LogP contribution in [-0.2, 0) is 11.4 Å². The first kappa shape index (κ1) is 23.8. The van der Waals surface area contributed by atoms with Crippen LogP contribution >= 0.6 is 28.1 Å². The molecule has 2 aliphatic rings. The lowest BCUT2D eigenvalue weighted by atomic mass is 9.94. The highest BCUT2D eigenvalue weighted by atomic mass is 79.9. The maximum Gasteiger partial charge on any atom is 0.277 e. The number of likely N-dealkylation sites (N-methyl/N-ethyl adjacent to an activating group) is 1. The molecular weight excluding hydrogens is 500 g/mol. The molecule has 33 heavy (non-hydrogen) atoms. The lowest BCUT2D eigenvalue weighted by Crippen LogP contribution is -2.41. The van der Waals surface area contributed by atoms with Crippen LogP contribution in [0, 0.1) is 0 Å². The van der Waals surface area contributed by atoms with E-state index < -0.39 is 0 Å². The molecule has 0 spiro atoms. The zero-order valence-corrected chi connectivity index (χ0v) is 21.5. The minimum Gasteiger partial charge on any atom is -0.490 e. The Bertz CT molecular complexity index is 1050. The first-order valence-corrected chi connectivity index (χ1v) is 12.6. The molecule has 0 aromatic heterocycles. The van der Waals surface area contributed by atoms with Crippen LogP contribution in [0.5, 0.6) is 11.5 Å². The molecule has 0 N–H and O–H groups in total. The van der Waals surface area contributed by atoms with E-state index in [1.54, 1.807) is 0 Å². The van der Waals surface area contributed by atoms with Gasteiger partial charge in [0.15, 0.2) is 16.6 Å². The summed E-state index contributed by atoms with van der Waals surface area (Å²) in [5.74, 6) is 1.32. The van der Waals surface area contributed by atoms with Gasteiger partial charge in [-0.3, -0.25) is 9.69 Å². The van der Waals surface area contributed by atoms with Gasteiger partial charge in [0.05, 0.1) is 6.61 Å². The number of amides is 1. The quantitative estimate of drug-likeness (QED) is 0.318. The van der Waals surface area contributed by atoms with Gasteiger partial charge < -0.3 is 14.4 Å². The van der Waals surface area contributed by atoms with Gasteiger partial charge in [-0.25, -0.2) is 0 Å². The normalized spacial score (nSPS) is 18.3. The van der Waals surface area contributed by atoms with E-state index in [2.05, 4.69) is 15.9 Å². The third kappa shape index (κ3) is 5.41. The standard InChI is InChI=1S/C26H29BrN2O3S/c1-3-31-24-16-19(11-14-23(24)32-17-18-9-12-20(27)13-10-18)15-22-25(30)29(26(33)28(22)2)21-7-5-4-6-8-21/h9-16,21H,3-8,17H2,1-2H3/b22-15-. The number of hydrogen-bond donors (Lipinski definition) is 0. The summed E-state index contributed by atoms with van der Waals surface area (Å²) in [6, 6.07) is 14.0. The summed E-state index contributed by atoms with van der Waals surface area (Å²) < 4.78 is 12.9. The third-order valence-electron chi connectivity index (χ3n) is 6.11. The summed E-state index contributed by atoms with van der Waals surface area (Å²) >= 11 is 9.08. The highest BCUT2D eigenvalue weighted by Crippen LogP contribution is 2.33. The molecule has 0 radical (unpaired) electrons. The number of hydrogen-bond acceptors (Lipinski definition) is 4. The van der Waals surface area contributed by atoms with Crippen molar-refractivity contribution in [2.75, 3.05) is 13.7 Å². The molecule has 1 heterocycles. The predicted octanol–water partition coefficient (Wildman–Crippen LogP) is 6.16. The lowest BCUT2D eigenvalue weighted by Gasteiger charge is -2.30. The molecule has 1 amide bonds. The van der Waals surface area contributed by atoms with Crippen LogP contribution in [0.25, 0.3) is 6.08 Å². The van der Waals surface area contributed by atoms with Gasteiger partial charge >= 0.3 is 0 Å². The Hall–Kier alpha value is -2.38. The molecule has 0 atom stereocenters. The van der Waals surface area contributed by atoms with Crippen molar-refractivity contribution in [2.45, 2.75) is 51.7 Å². The van der Waals surface area contributed by atoms with Gasteiger partial charge in [-0.2, -0.15) is 0 Å². The topological polar surface area (TPSA) is 42.0 Å². The smallest absolute Gasteiger partial charge is 0.277 e. The van der Waals surface area contributed by atoms with Crippen molar-refractivity contribution >= 4 is 45.2 Å². The average molecular weight is 530 g/mol. The molecule has 0 unspecified atom stereocenters. The van der Waals surface area contributed by atoms with Gasteiger partial charge in [0, 0.05) is 17.6 Å². The Kier molecular flexibility index (Phi) is 7.71. The maximum atomic E-state index is 13.3. The molecule has 0 bridgehead atoms. The van der Waals surface area contributed by atoms with Crippen LogP contribution in [0.1, 0.15) is 50.2 Å². The van der Waals surface area contributed by atoms with Crippen LogP contribution in [0.15, 0.2) is 52.6 Å². The summed E-state index contributed by atoms with van der Waals surface area (Å²) in [7, 11) is 1.87. The van der Waals surface area contributed by atoms with Crippen molar-refractivity contribution in [3.05, 3.63) is 63.8 Å². The van der Waals surface area contributed by atoms with E-state index in [9.17, 15) is 4.79 Å². The van der Waals surface area contributed by atoms with Gasteiger partial charge in [0.25, 0.3) is 5.91 Å². The van der Waals surface area contributed by atoms with Gasteiger partial charge in [-0.05, 0) is 73.5 Å². The van der Waals surface area contributed by atoms with Crippen LogP contribution in [0.4, 0.5) is 0 Å². The van der Waals surface area contributed by atoms with E-state index in [0.717, 1.165) is 41.3 Å². The maximum absolute atomic E-state index is 13.3. The fraction of sp³-hybridized carbons (Fsp3) is 0.385. The highest BCUT2D eigenvalue weighted by Gasteiger charge is 2.40. The van der Waals surface area contributed by atoms with E-state index in [4.69, 9.17) is 21.7 Å². The van der Waals surface area contributed by atoms with Gasteiger partial charge in [0.2, 0.25) is 0 Å². The van der Waals surface area contributed by atoms with Crippen molar-refractivity contribution in [1.29, 1.82) is 0 Å². The molecule has 1 aliphatic carbocycles. The molecule has 1 aliphatic heterocycles. The minimum absolute atomic E-state index is 0.0112. The van der Waals surface area contributed by atoms with Crippen molar-refractivity contribution in [1.82, 2.24) is 9.80 Å². The fourth-order valence-electron chi connectivity index (χ4n) is 4.34. The first-order chi connectivity index (χ1) is 16.0. The van der Waals surface area contributed by atoms with Crippen molar-refractivity contribution in [3.63, 3.8) is 0 Å².